The van der Waals surface area contributed by atoms with E-state index < -0.39 is 11.2 Å². The van der Waals surface area contributed by atoms with Crippen LogP contribution in [0.4, 0.5) is 5.69 Å². The highest BCUT2D eigenvalue weighted by atomic mass is 35.5. The van der Waals surface area contributed by atoms with Gasteiger partial charge in [-0.15, -0.1) is 22.9 Å². The molecule has 1 unspecified atom stereocenters. The molecular formula is C20H17ClN2OS3. The molecule has 0 amide bonds. The van der Waals surface area contributed by atoms with E-state index in [2.05, 4.69) is 24.3 Å². The number of halogens is 1. The van der Waals surface area contributed by atoms with Crippen molar-refractivity contribution >= 4 is 61.4 Å². The van der Waals surface area contributed by atoms with Gasteiger partial charge in [0.25, 0.3) is 0 Å². The predicted octanol–water partition coefficient (Wildman–Crippen LogP) is 6.01. The highest BCUT2D eigenvalue weighted by molar-refractivity contribution is 7.93. The first-order chi connectivity index (χ1) is 13.2. The lowest BCUT2D eigenvalue weighted by Crippen LogP contribution is -2.07. The van der Waals surface area contributed by atoms with Gasteiger partial charge in [-0.3, -0.25) is 0 Å². The molecule has 0 aliphatic rings. The number of nitrogen functional groups attached to an aromatic ring is 1. The average molecular weight is 433 g/mol. The van der Waals surface area contributed by atoms with Gasteiger partial charge >= 0.3 is 0 Å². The number of thiophene rings is 2. The first-order valence-electron chi connectivity index (χ1n) is 8.45. The molecule has 0 saturated heterocycles. The minimum absolute atomic E-state index is 0.493. The molecule has 0 fully saturated rings. The summed E-state index contributed by atoms with van der Waals surface area (Å²) in [6, 6.07) is 16.3. The van der Waals surface area contributed by atoms with Gasteiger partial charge in [0.15, 0.2) is 0 Å². The van der Waals surface area contributed by atoms with Gasteiger partial charge in [0.1, 0.15) is 16.3 Å². The Labute approximate surface area is 174 Å². The second-order valence-corrected chi connectivity index (χ2v) is 10.1. The van der Waals surface area contributed by atoms with Crippen molar-refractivity contribution in [2.45, 2.75) is 10.6 Å². The molecule has 4 aromatic rings. The summed E-state index contributed by atoms with van der Waals surface area (Å²) in [6.45, 7) is 0. The number of nitrogens with zero attached hydrogens (tertiary/aromatic N) is 1. The third kappa shape index (κ3) is 3.73. The number of nitrogens with two attached hydrogens (primary N) is 1. The molecule has 0 radical (unpaired) electrons. The smallest absolute Gasteiger partial charge is 0.232 e. The SMILES string of the molecule is Nc1c([S+]([O-])CCCCl)sc2nc(-c3cccs3)cc(-c3ccccc3)c12. The number of hydrogen-bond acceptors (Lipinski definition) is 5. The predicted molar refractivity (Wildman–Crippen MR) is 119 cm³/mol. The van der Waals surface area contributed by atoms with Crippen molar-refractivity contribution in [2.75, 3.05) is 17.4 Å². The largest absolute Gasteiger partial charge is 0.611 e. The lowest BCUT2D eigenvalue weighted by atomic mass is 10.0. The molecule has 0 saturated carbocycles. The van der Waals surface area contributed by atoms with E-state index >= 15 is 0 Å². The summed E-state index contributed by atoms with van der Waals surface area (Å²) in [5.41, 5.74) is 10.1. The number of rotatable bonds is 6. The fourth-order valence-electron chi connectivity index (χ4n) is 2.94. The fraction of sp³-hybridized carbons (Fsp3) is 0.150. The Bertz CT molecular complexity index is 1050. The van der Waals surface area contributed by atoms with Crippen LogP contribution in [0.25, 0.3) is 31.9 Å². The molecule has 0 bridgehead atoms. The van der Waals surface area contributed by atoms with Gasteiger partial charge in [-0.25, -0.2) is 4.98 Å². The summed E-state index contributed by atoms with van der Waals surface area (Å²) in [5.74, 6) is 1.01. The van der Waals surface area contributed by atoms with Crippen LogP contribution < -0.4 is 5.73 Å². The lowest BCUT2D eigenvalue weighted by Gasteiger charge is -2.09. The van der Waals surface area contributed by atoms with Gasteiger partial charge in [0.05, 0.1) is 10.6 Å². The minimum atomic E-state index is -1.16. The van der Waals surface area contributed by atoms with Gasteiger partial charge in [-0.2, -0.15) is 0 Å². The van der Waals surface area contributed by atoms with Gasteiger partial charge in [0, 0.05) is 17.7 Å². The van der Waals surface area contributed by atoms with Crippen LogP contribution in [0.15, 0.2) is 58.1 Å². The van der Waals surface area contributed by atoms with Crippen LogP contribution >= 0.6 is 34.3 Å². The zero-order valence-corrected chi connectivity index (χ0v) is 17.6. The van der Waals surface area contributed by atoms with E-state index in [-0.39, 0.29) is 0 Å². The lowest BCUT2D eigenvalue weighted by molar-refractivity contribution is 0.596. The molecule has 2 N–H and O–H groups in total. The van der Waals surface area contributed by atoms with Crippen LogP contribution in [0.3, 0.4) is 0 Å². The second-order valence-electron chi connectivity index (χ2n) is 5.97. The summed E-state index contributed by atoms with van der Waals surface area (Å²) in [6.07, 6.45) is 0.696. The van der Waals surface area contributed by atoms with E-state index in [4.69, 9.17) is 22.3 Å². The maximum absolute atomic E-state index is 12.7. The molecular weight excluding hydrogens is 416 g/mol. The number of anilines is 1. The quantitative estimate of drug-likeness (QED) is 0.299. The van der Waals surface area contributed by atoms with Crippen LogP contribution in [0.1, 0.15) is 6.42 Å². The summed E-state index contributed by atoms with van der Waals surface area (Å²) in [4.78, 5) is 6.76. The Kier molecular flexibility index (Phi) is 5.71. The van der Waals surface area contributed by atoms with Crippen LogP contribution in [0.2, 0.25) is 0 Å². The Balaban J connectivity index is 1.93. The zero-order valence-electron chi connectivity index (χ0n) is 14.4. The Morgan fingerprint density at radius 1 is 1.15 bits per heavy atom. The maximum Gasteiger partial charge on any atom is 0.232 e. The molecule has 138 valence electrons. The van der Waals surface area contributed by atoms with Crippen LogP contribution in [0, 0.1) is 0 Å². The number of alkyl halides is 1. The van der Waals surface area contributed by atoms with Crippen molar-refractivity contribution in [3.63, 3.8) is 0 Å². The molecule has 1 atom stereocenters. The van der Waals surface area contributed by atoms with E-state index in [9.17, 15) is 4.55 Å². The number of pyridine rings is 1. The third-order valence-electron chi connectivity index (χ3n) is 4.19. The van der Waals surface area contributed by atoms with E-state index in [0.717, 1.165) is 31.9 Å². The molecule has 27 heavy (non-hydrogen) atoms. The highest BCUT2D eigenvalue weighted by Gasteiger charge is 2.24. The summed E-state index contributed by atoms with van der Waals surface area (Å²) in [7, 11) is 0. The average Bonchev–Trinajstić information content (AvgIpc) is 3.35. The Morgan fingerprint density at radius 3 is 2.67 bits per heavy atom. The Hall–Kier alpha value is -1.57. The normalized spacial score (nSPS) is 12.5. The molecule has 1 aromatic carbocycles. The van der Waals surface area contributed by atoms with Crippen molar-refractivity contribution < 1.29 is 4.55 Å². The van der Waals surface area contributed by atoms with E-state index in [1.165, 1.54) is 11.3 Å². The number of fused-ring (bicyclic) bond motifs is 1. The third-order valence-corrected chi connectivity index (χ3v) is 8.35. The highest BCUT2D eigenvalue weighted by Crippen LogP contribution is 2.43. The molecule has 0 spiro atoms. The number of benzene rings is 1. The maximum atomic E-state index is 12.7. The van der Waals surface area contributed by atoms with Crippen molar-refractivity contribution in [3.05, 3.63) is 53.9 Å². The molecule has 3 heterocycles. The van der Waals surface area contributed by atoms with Crippen molar-refractivity contribution in [1.29, 1.82) is 0 Å². The number of aromatic nitrogens is 1. The van der Waals surface area contributed by atoms with Crippen LogP contribution in [0.5, 0.6) is 0 Å². The molecule has 7 heteroatoms. The molecule has 4 rings (SSSR count). The monoisotopic (exact) mass is 432 g/mol. The van der Waals surface area contributed by atoms with Crippen molar-refractivity contribution in [1.82, 2.24) is 4.98 Å². The van der Waals surface area contributed by atoms with Crippen molar-refractivity contribution in [2.24, 2.45) is 0 Å². The zero-order chi connectivity index (χ0) is 18.8. The summed E-state index contributed by atoms with van der Waals surface area (Å²) < 4.78 is 13.4. The van der Waals surface area contributed by atoms with E-state index in [0.29, 0.717) is 28.0 Å². The van der Waals surface area contributed by atoms with E-state index in [1.807, 2.05) is 29.6 Å². The second kappa shape index (κ2) is 8.20. The molecule has 0 aliphatic heterocycles. The first-order valence-corrected chi connectivity index (χ1v) is 12.0. The van der Waals surface area contributed by atoms with Gasteiger partial charge in [0.2, 0.25) is 4.21 Å². The molecule has 3 aromatic heterocycles. The number of hydrogen-bond donors (Lipinski definition) is 1. The standard InChI is InChI=1S/C20H17ClN2OS3/c21-9-5-11-27(24)20-18(22)17-14(13-6-2-1-3-7-13)12-15(23-19(17)26-20)16-8-4-10-25-16/h1-4,6-8,10,12H,5,9,11,22H2. The van der Waals surface area contributed by atoms with Gasteiger partial charge in [-0.05, 0) is 39.8 Å². The molecule has 0 aliphatic carbocycles. The van der Waals surface area contributed by atoms with Gasteiger partial charge in [-0.1, -0.05) is 47.7 Å². The Morgan fingerprint density at radius 2 is 1.96 bits per heavy atom. The minimum Gasteiger partial charge on any atom is -0.611 e. The molecule has 3 nitrogen and oxygen atoms in total. The summed E-state index contributed by atoms with van der Waals surface area (Å²) >= 11 is 7.68. The van der Waals surface area contributed by atoms with Crippen molar-refractivity contribution in [3.8, 4) is 21.7 Å². The topological polar surface area (TPSA) is 62.0 Å². The van der Waals surface area contributed by atoms with Crippen LogP contribution in [-0.4, -0.2) is 21.2 Å². The fourth-order valence-corrected chi connectivity index (χ4v) is 6.57. The van der Waals surface area contributed by atoms with E-state index in [1.54, 1.807) is 11.3 Å². The summed E-state index contributed by atoms with van der Waals surface area (Å²) in [5, 5.41) is 2.93. The van der Waals surface area contributed by atoms with Crippen LogP contribution in [-0.2, 0) is 11.2 Å². The van der Waals surface area contributed by atoms with Gasteiger partial charge < -0.3 is 10.3 Å². The first kappa shape index (κ1) is 18.8.